The van der Waals surface area contributed by atoms with Crippen LogP contribution in [0.4, 0.5) is 0 Å². The van der Waals surface area contributed by atoms with Crippen LogP contribution in [0.25, 0.3) is 11.3 Å². The molecule has 0 spiro atoms. The Labute approximate surface area is 112 Å². The molecule has 4 nitrogen and oxygen atoms in total. The minimum atomic E-state index is -0.260. The van der Waals surface area contributed by atoms with Gasteiger partial charge in [0.15, 0.2) is 0 Å². The summed E-state index contributed by atoms with van der Waals surface area (Å²) in [4.78, 5) is 12.0. The molecule has 0 aliphatic rings. The van der Waals surface area contributed by atoms with Gasteiger partial charge in [-0.2, -0.15) is 5.10 Å². The van der Waals surface area contributed by atoms with Crippen molar-refractivity contribution in [1.29, 1.82) is 0 Å². The van der Waals surface area contributed by atoms with Gasteiger partial charge in [0.2, 0.25) is 0 Å². The lowest BCUT2D eigenvalue weighted by atomic mass is 10.1. The van der Waals surface area contributed by atoms with E-state index in [-0.39, 0.29) is 12.2 Å². The van der Waals surface area contributed by atoms with Gasteiger partial charge in [-0.05, 0) is 19.4 Å². The zero-order chi connectivity index (χ0) is 13.8. The van der Waals surface area contributed by atoms with E-state index in [9.17, 15) is 9.90 Å². The van der Waals surface area contributed by atoms with Gasteiger partial charge in [-0.1, -0.05) is 36.8 Å². The second-order valence-electron chi connectivity index (χ2n) is 4.61. The van der Waals surface area contributed by atoms with Gasteiger partial charge in [-0.25, -0.2) is 4.68 Å². The molecule has 0 amide bonds. The van der Waals surface area contributed by atoms with Crippen molar-refractivity contribution in [2.45, 2.75) is 33.4 Å². The highest BCUT2D eigenvalue weighted by Crippen LogP contribution is 2.17. The van der Waals surface area contributed by atoms with Crippen LogP contribution in [0.15, 0.2) is 35.1 Å². The van der Waals surface area contributed by atoms with E-state index in [1.807, 2.05) is 38.1 Å². The molecule has 0 aliphatic carbocycles. The van der Waals surface area contributed by atoms with Gasteiger partial charge in [-0.3, -0.25) is 4.79 Å². The van der Waals surface area contributed by atoms with Crippen LogP contribution in [0.1, 0.15) is 24.5 Å². The SMILES string of the molecule is CCCn1nc(-c2ccc(C)cc2)cc(CO)c1=O. The molecular formula is C15H18N2O2. The Morgan fingerprint density at radius 1 is 1.26 bits per heavy atom. The lowest BCUT2D eigenvalue weighted by Gasteiger charge is -2.09. The van der Waals surface area contributed by atoms with Crippen LogP contribution in [-0.4, -0.2) is 14.9 Å². The first-order valence-electron chi connectivity index (χ1n) is 6.44. The molecule has 1 aromatic heterocycles. The second kappa shape index (κ2) is 5.80. The van der Waals surface area contributed by atoms with Gasteiger partial charge < -0.3 is 5.11 Å². The third kappa shape index (κ3) is 2.90. The monoisotopic (exact) mass is 258 g/mol. The van der Waals surface area contributed by atoms with E-state index in [4.69, 9.17) is 0 Å². The average Bonchev–Trinajstić information content (AvgIpc) is 2.42. The van der Waals surface area contributed by atoms with Gasteiger partial charge in [0, 0.05) is 17.7 Å². The fraction of sp³-hybridized carbons (Fsp3) is 0.333. The summed E-state index contributed by atoms with van der Waals surface area (Å²) in [5.74, 6) is 0. The highest BCUT2D eigenvalue weighted by atomic mass is 16.3. The normalized spacial score (nSPS) is 10.7. The number of nitrogens with zero attached hydrogens (tertiary/aromatic N) is 2. The Morgan fingerprint density at radius 3 is 2.53 bits per heavy atom. The van der Waals surface area contributed by atoms with Crippen LogP contribution >= 0.6 is 0 Å². The maximum absolute atomic E-state index is 12.0. The number of aliphatic hydroxyl groups is 1. The molecule has 0 bridgehead atoms. The Kier molecular flexibility index (Phi) is 4.12. The van der Waals surface area contributed by atoms with Crippen molar-refractivity contribution in [3.8, 4) is 11.3 Å². The second-order valence-corrected chi connectivity index (χ2v) is 4.61. The summed E-state index contributed by atoms with van der Waals surface area (Å²) >= 11 is 0. The molecule has 0 radical (unpaired) electrons. The fourth-order valence-corrected chi connectivity index (χ4v) is 1.94. The number of hydrogen-bond donors (Lipinski definition) is 1. The molecule has 0 saturated heterocycles. The molecule has 2 aromatic rings. The predicted octanol–water partition coefficient (Wildman–Crippen LogP) is 2.12. The molecule has 19 heavy (non-hydrogen) atoms. The lowest BCUT2D eigenvalue weighted by Crippen LogP contribution is -2.26. The van der Waals surface area contributed by atoms with E-state index in [1.165, 1.54) is 10.2 Å². The third-order valence-electron chi connectivity index (χ3n) is 3.00. The fourth-order valence-electron chi connectivity index (χ4n) is 1.94. The van der Waals surface area contributed by atoms with Gasteiger partial charge in [0.05, 0.1) is 12.3 Å². The summed E-state index contributed by atoms with van der Waals surface area (Å²) in [5, 5.41) is 13.6. The van der Waals surface area contributed by atoms with Gasteiger partial charge >= 0.3 is 0 Å². The smallest absolute Gasteiger partial charge is 0.272 e. The van der Waals surface area contributed by atoms with E-state index < -0.39 is 0 Å². The van der Waals surface area contributed by atoms with Crippen molar-refractivity contribution in [2.24, 2.45) is 0 Å². The minimum absolute atomic E-state index is 0.208. The van der Waals surface area contributed by atoms with E-state index in [0.29, 0.717) is 12.1 Å². The molecule has 0 saturated carbocycles. The molecule has 0 unspecified atom stereocenters. The van der Waals surface area contributed by atoms with Gasteiger partial charge in [-0.15, -0.1) is 0 Å². The number of rotatable bonds is 4. The Balaban J connectivity index is 2.54. The molecule has 0 aliphatic heterocycles. The average molecular weight is 258 g/mol. The standard InChI is InChI=1S/C15H18N2O2/c1-3-8-17-15(19)13(10-18)9-14(16-17)12-6-4-11(2)5-7-12/h4-7,9,18H,3,8,10H2,1-2H3. The highest BCUT2D eigenvalue weighted by molar-refractivity contribution is 5.59. The molecule has 2 rings (SSSR count). The zero-order valence-electron chi connectivity index (χ0n) is 11.3. The van der Waals surface area contributed by atoms with Crippen LogP contribution in [0, 0.1) is 6.92 Å². The van der Waals surface area contributed by atoms with Crippen molar-refractivity contribution in [1.82, 2.24) is 9.78 Å². The number of aliphatic hydroxyl groups excluding tert-OH is 1. The molecule has 1 N–H and O–H groups in total. The van der Waals surface area contributed by atoms with Crippen LogP contribution in [0.3, 0.4) is 0 Å². The molecule has 100 valence electrons. The zero-order valence-corrected chi connectivity index (χ0v) is 11.3. The van der Waals surface area contributed by atoms with Crippen molar-refractivity contribution in [3.05, 3.63) is 51.8 Å². The third-order valence-corrected chi connectivity index (χ3v) is 3.00. The van der Waals surface area contributed by atoms with Crippen molar-refractivity contribution < 1.29 is 5.11 Å². The van der Waals surface area contributed by atoms with Crippen LogP contribution < -0.4 is 5.56 Å². The maximum Gasteiger partial charge on any atom is 0.272 e. The quantitative estimate of drug-likeness (QED) is 0.914. The first kappa shape index (κ1) is 13.5. The van der Waals surface area contributed by atoms with Crippen LogP contribution in [0.5, 0.6) is 0 Å². The Morgan fingerprint density at radius 2 is 1.95 bits per heavy atom. The number of benzene rings is 1. The summed E-state index contributed by atoms with van der Waals surface area (Å²) in [6.45, 7) is 4.31. The van der Waals surface area contributed by atoms with Crippen LogP contribution in [-0.2, 0) is 13.2 Å². The van der Waals surface area contributed by atoms with E-state index in [0.717, 1.165) is 17.7 Å². The Hall–Kier alpha value is -1.94. The van der Waals surface area contributed by atoms with Crippen LogP contribution in [0.2, 0.25) is 0 Å². The van der Waals surface area contributed by atoms with Crippen molar-refractivity contribution >= 4 is 0 Å². The number of aryl methyl sites for hydroxylation is 2. The van der Waals surface area contributed by atoms with E-state index >= 15 is 0 Å². The van der Waals surface area contributed by atoms with E-state index in [2.05, 4.69) is 5.10 Å². The maximum atomic E-state index is 12.0. The predicted molar refractivity (Wildman–Crippen MR) is 74.9 cm³/mol. The molecule has 1 aromatic carbocycles. The first-order chi connectivity index (χ1) is 9.15. The van der Waals surface area contributed by atoms with Crippen molar-refractivity contribution in [3.63, 3.8) is 0 Å². The first-order valence-corrected chi connectivity index (χ1v) is 6.44. The van der Waals surface area contributed by atoms with Gasteiger partial charge in [0.1, 0.15) is 0 Å². The van der Waals surface area contributed by atoms with E-state index in [1.54, 1.807) is 6.07 Å². The summed E-state index contributed by atoms with van der Waals surface area (Å²) in [7, 11) is 0. The molecular weight excluding hydrogens is 240 g/mol. The molecule has 0 fully saturated rings. The summed E-state index contributed by atoms with van der Waals surface area (Å²) in [6.07, 6.45) is 0.828. The number of aromatic nitrogens is 2. The highest BCUT2D eigenvalue weighted by Gasteiger charge is 2.08. The summed E-state index contributed by atoms with van der Waals surface area (Å²) in [5.41, 5.74) is 3.02. The lowest BCUT2D eigenvalue weighted by molar-refractivity contribution is 0.278. The van der Waals surface area contributed by atoms with Gasteiger partial charge in [0.25, 0.3) is 5.56 Å². The molecule has 1 heterocycles. The minimum Gasteiger partial charge on any atom is -0.391 e. The molecule has 0 atom stereocenters. The van der Waals surface area contributed by atoms with Crippen molar-refractivity contribution in [2.75, 3.05) is 0 Å². The topological polar surface area (TPSA) is 55.1 Å². The largest absolute Gasteiger partial charge is 0.391 e. The summed E-state index contributed by atoms with van der Waals surface area (Å²) in [6, 6.07) is 9.62. The molecule has 4 heteroatoms. The number of hydrogen-bond acceptors (Lipinski definition) is 3. The Bertz CT molecular complexity index is 615. The summed E-state index contributed by atoms with van der Waals surface area (Å²) < 4.78 is 1.43.